The van der Waals surface area contributed by atoms with Gasteiger partial charge in [-0.25, -0.2) is 4.79 Å². The van der Waals surface area contributed by atoms with Crippen molar-refractivity contribution in [3.05, 3.63) is 0 Å². The van der Waals surface area contributed by atoms with Crippen molar-refractivity contribution in [2.75, 3.05) is 0 Å². The molecule has 0 bridgehead atoms. The predicted molar refractivity (Wildman–Crippen MR) is 151 cm³/mol. The lowest BCUT2D eigenvalue weighted by molar-refractivity contribution is -0.288. The lowest BCUT2D eigenvalue weighted by Crippen LogP contribution is -2.76. The van der Waals surface area contributed by atoms with E-state index in [4.69, 9.17) is 29.4 Å². The first-order valence-corrected chi connectivity index (χ1v) is 16.3. The molecule has 256 valence electrons. The first-order chi connectivity index (χ1) is 21.2. The summed E-state index contributed by atoms with van der Waals surface area (Å²) >= 11 is 0. The number of hydrogen-bond acceptors (Lipinski definition) is 14. The number of ether oxygens (including phenoxy) is 5. The molecule has 0 radical (unpaired) electrons. The molecular weight excluding hydrogens is 606 g/mol. The fourth-order valence-corrected chi connectivity index (χ4v) is 12.9. The van der Waals surface area contributed by atoms with E-state index in [1.54, 1.807) is 13.8 Å². The van der Waals surface area contributed by atoms with Crippen LogP contribution in [-0.4, -0.2) is 115 Å². The number of fused-ring (bicyclic) bond motifs is 9. The summed E-state index contributed by atoms with van der Waals surface area (Å²) in [6.07, 6.45) is -7.81. The molecule has 0 aromatic heterocycles. The zero-order chi connectivity index (χ0) is 33.6. The molecule has 3 aliphatic heterocycles. The molecule has 3 saturated heterocycles. The van der Waals surface area contributed by atoms with Gasteiger partial charge in [-0.3, -0.25) is 9.59 Å². The first kappa shape index (κ1) is 31.4. The molecule has 5 saturated carbocycles. The molecule has 46 heavy (non-hydrogen) atoms. The first-order valence-electron chi connectivity index (χ1n) is 16.3. The molecular formula is C32H45NO13. The van der Waals surface area contributed by atoms with Crippen LogP contribution in [0.2, 0.25) is 0 Å². The van der Waals surface area contributed by atoms with Gasteiger partial charge in [0.05, 0.1) is 35.4 Å². The van der Waals surface area contributed by atoms with Crippen molar-refractivity contribution in [3.63, 3.8) is 0 Å². The van der Waals surface area contributed by atoms with Crippen LogP contribution in [0, 0.1) is 51.8 Å². The Hall–Kier alpha value is -1.91. The van der Waals surface area contributed by atoms with Gasteiger partial charge in [0, 0.05) is 54.4 Å². The molecule has 2 unspecified atom stereocenters. The Labute approximate surface area is 265 Å². The predicted octanol–water partition coefficient (Wildman–Crippen LogP) is -1.64. The molecule has 5 aliphatic carbocycles. The second-order valence-electron chi connectivity index (χ2n) is 16.5. The van der Waals surface area contributed by atoms with E-state index in [2.05, 4.69) is 0 Å². The highest BCUT2D eigenvalue weighted by Crippen LogP contribution is 2.81. The molecule has 8 fully saturated rings. The van der Waals surface area contributed by atoms with Crippen LogP contribution < -0.4 is 5.73 Å². The fraction of sp³-hybridized carbons (Fsp3) is 0.906. The highest BCUT2D eigenvalue weighted by Gasteiger charge is 2.95. The van der Waals surface area contributed by atoms with Gasteiger partial charge < -0.3 is 55.0 Å². The van der Waals surface area contributed by atoms with Gasteiger partial charge in [-0.05, 0) is 39.0 Å². The molecule has 0 amide bonds. The normalized spacial score (nSPS) is 65.1. The molecule has 14 heteroatoms. The summed E-state index contributed by atoms with van der Waals surface area (Å²) in [6, 6.07) is -0.882. The molecule has 21 atom stereocenters. The van der Waals surface area contributed by atoms with Crippen molar-refractivity contribution in [2.24, 2.45) is 57.5 Å². The van der Waals surface area contributed by atoms with Gasteiger partial charge in [-0.1, -0.05) is 13.8 Å². The van der Waals surface area contributed by atoms with Crippen LogP contribution in [0.3, 0.4) is 0 Å². The molecule has 8 aliphatic rings. The monoisotopic (exact) mass is 651 g/mol. The average molecular weight is 652 g/mol. The zero-order valence-corrected chi connectivity index (χ0v) is 26.9. The number of epoxide rings is 2. The van der Waals surface area contributed by atoms with E-state index in [1.807, 2.05) is 6.92 Å². The number of hydrogen-bond donors (Lipinski definition) is 6. The maximum absolute atomic E-state index is 13.2. The second kappa shape index (κ2) is 8.62. The largest absolute Gasteiger partial charge is 0.458 e. The van der Waals surface area contributed by atoms with Crippen LogP contribution in [0.1, 0.15) is 54.9 Å². The summed E-state index contributed by atoms with van der Waals surface area (Å²) in [5.41, 5.74) is -1.39. The summed E-state index contributed by atoms with van der Waals surface area (Å²) in [7, 11) is 0. The van der Waals surface area contributed by atoms with Crippen molar-refractivity contribution < 1.29 is 63.6 Å². The van der Waals surface area contributed by atoms with Gasteiger partial charge in [-0.15, -0.1) is 0 Å². The number of rotatable bonds is 2. The second-order valence-corrected chi connectivity index (χ2v) is 16.5. The van der Waals surface area contributed by atoms with Gasteiger partial charge >= 0.3 is 17.9 Å². The minimum Gasteiger partial charge on any atom is -0.458 e. The number of nitrogens with two attached hydrogens (primary N) is 1. The highest BCUT2D eigenvalue weighted by molar-refractivity contribution is 5.84. The van der Waals surface area contributed by atoms with Gasteiger partial charge in [0.2, 0.25) is 0 Å². The van der Waals surface area contributed by atoms with Gasteiger partial charge in [0.1, 0.15) is 18.3 Å². The molecule has 1 spiro atoms. The smallest absolute Gasteiger partial charge is 0.341 e. The van der Waals surface area contributed by atoms with E-state index in [9.17, 15) is 39.9 Å². The Morgan fingerprint density at radius 3 is 2.15 bits per heavy atom. The highest BCUT2D eigenvalue weighted by atomic mass is 16.8. The Balaban J connectivity index is 1.39. The number of esters is 3. The van der Waals surface area contributed by atoms with Crippen LogP contribution >= 0.6 is 0 Å². The Morgan fingerprint density at radius 1 is 0.913 bits per heavy atom. The lowest BCUT2D eigenvalue weighted by Gasteiger charge is -2.67. The average Bonchev–Trinajstić information content (AvgIpc) is 3.85. The van der Waals surface area contributed by atoms with Crippen LogP contribution in [-0.2, 0) is 38.1 Å². The maximum Gasteiger partial charge on any atom is 0.341 e. The maximum atomic E-state index is 13.2. The Bertz CT molecular complexity index is 1440. The molecule has 0 aromatic carbocycles. The van der Waals surface area contributed by atoms with Gasteiger partial charge in [0.15, 0.2) is 11.7 Å². The fourth-order valence-electron chi connectivity index (χ4n) is 12.9. The van der Waals surface area contributed by atoms with Crippen molar-refractivity contribution in [2.45, 2.75) is 127 Å². The minimum absolute atomic E-state index is 0.242. The minimum atomic E-state index is -2.17. The third kappa shape index (κ3) is 3.07. The summed E-state index contributed by atoms with van der Waals surface area (Å²) in [6.45, 7) is 10.3. The van der Waals surface area contributed by atoms with Crippen molar-refractivity contribution in [3.8, 4) is 0 Å². The summed E-state index contributed by atoms with van der Waals surface area (Å²) in [5, 5.41) is 61.1. The number of carbonyl (C=O) groups excluding carboxylic acids is 3. The van der Waals surface area contributed by atoms with Crippen LogP contribution in [0.4, 0.5) is 0 Å². The van der Waals surface area contributed by atoms with Crippen molar-refractivity contribution >= 4 is 17.9 Å². The SMILES string of the molecule is CC(=O)O[C@H]1C2C([C@@H](O)[C@@H](N)[C@H]3C[C@@H]4O[C@@H]4[C@H](O)[C@]23C)[C@@H]2[C@@H](O)[C@@H]3[C@H]([C@](C)(O)[C@H]4O[C@]45OC(=O)[C@@](C)(O)[C@]35C)[C@@]2(C)[C@H]1OC(C)=O. The quantitative estimate of drug-likeness (QED) is 0.112. The Morgan fingerprint density at radius 2 is 1.54 bits per heavy atom. The van der Waals surface area contributed by atoms with Crippen LogP contribution in [0.25, 0.3) is 0 Å². The van der Waals surface area contributed by atoms with Crippen LogP contribution in [0.15, 0.2) is 0 Å². The Kier molecular flexibility index (Phi) is 5.88. The topological polar surface area (TPSA) is 231 Å². The van der Waals surface area contributed by atoms with Gasteiger partial charge in [0.25, 0.3) is 5.79 Å². The van der Waals surface area contributed by atoms with Crippen molar-refractivity contribution in [1.29, 1.82) is 0 Å². The van der Waals surface area contributed by atoms with E-state index in [0.717, 1.165) is 0 Å². The lowest BCUT2D eigenvalue weighted by atomic mass is 9.40. The summed E-state index contributed by atoms with van der Waals surface area (Å²) in [4.78, 5) is 39.1. The van der Waals surface area contributed by atoms with E-state index >= 15 is 0 Å². The summed E-state index contributed by atoms with van der Waals surface area (Å²) in [5.74, 6) is -9.64. The molecule has 14 nitrogen and oxygen atoms in total. The molecule has 0 aromatic rings. The van der Waals surface area contributed by atoms with E-state index in [-0.39, 0.29) is 6.10 Å². The van der Waals surface area contributed by atoms with Crippen LogP contribution in [0.5, 0.6) is 0 Å². The number of carbonyl (C=O) groups is 3. The van der Waals surface area contributed by atoms with Gasteiger partial charge in [-0.2, -0.15) is 0 Å². The third-order valence-electron chi connectivity index (χ3n) is 14.8. The van der Waals surface area contributed by atoms with E-state index in [1.165, 1.54) is 27.7 Å². The third-order valence-corrected chi connectivity index (χ3v) is 14.8. The zero-order valence-electron chi connectivity index (χ0n) is 26.9. The summed E-state index contributed by atoms with van der Waals surface area (Å²) < 4.78 is 29.7. The standard InChI is InChI=1S/C32H45NO13/c1-9(34)42-21-15-13(18(36)17(33)11-8-12-20(44-12)23(38)27(11,15)3)14-19(37)16-22(28(14,4)24(21)43-10(2)35)29(5,40)25-32(45-25)30(16,6)31(7,41)26(39)46-32/h11-25,36-38,40-41H,8,33H2,1-7H3/t11-,12+,13?,14-,15?,16-,17+,18-,19-,20+,21+,22+,23+,24+,25-,27+,28+,29+,30+,31-,32+/m1/s1. The van der Waals surface area contributed by atoms with Crippen molar-refractivity contribution in [1.82, 2.24) is 0 Å². The molecule has 8 rings (SSSR count). The molecule has 3 heterocycles. The van der Waals surface area contributed by atoms with E-state index in [0.29, 0.717) is 6.42 Å². The van der Waals surface area contributed by atoms with E-state index < -0.39 is 135 Å². The number of aliphatic hydroxyl groups is 5. The molecule has 7 N–H and O–H groups in total. The number of aliphatic hydroxyl groups excluding tert-OH is 3.